The molecule has 3 heteroatoms. The monoisotopic (exact) mass is 108 g/mol. The summed E-state index contributed by atoms with van der Waals surface area (Å²) in [6.07, 6.45) is 0. The molecule has 0 aromatic heterocycles. The van der Waals surface area contributed by atoms with Gasteiger partial charge in [0.1, 0.15) is 0 Å². The zero-order chi connectivity index (χ0) is 0. The second-order valence-corrected chi connectivity index (χ2v) is 0. The van der Waals surface area contributed by atoms with Crippen molar-refractivity contribution in [2.24, 2.45) is 0 Å². The zero-order valence-electron chi connectivity index (χ0n) is 0.500. The molecule has 0 unspecified atom stereocenters. The molecule has 0 aromatic rings. The summed E-state index contributed by atoms with van der Waals surface area (Å²) in [5.41, 5.74) is 0. The maximum atomic E-state index is 0. The van der Waals surface area contributed by atoms with Crippen LogP contribution in [0.4, 0.5) is 0 Å². The van der Waals surface area contributed by atoms with Crippen LogP contribution in [-0.2, 0) is 21.7 Å². The molecule has 0 rings (SSSR count). The van der Waals surface area contributed by atoms with Gasteiger partial charge in [-0.1, -0.05) is 7.43 Å². The Hall–Kier alpha value is 1.31. The summed E-state index contributed by atoms with van der Waals surface area (Å²) in [6.45, 7) is 0. The summed E-state index contributed by atoms with van der Waals surface area (Å²) in [7, 11) is 0. The fraction of sp³-hybridized carbons (Fsp3) is 1.00. The standard InChI is InChI=1S/CH4.Al.BH3.Ti.3H/h1H4;;1H3;;;;. The van der Waals surface area contributed by atoms with Crippen molar-refractivity contribution < 1.29 is 21.7 Å². The van der Waals surface area contributed by atoms with Gasteiger partial charge >= 0.3 is 0 Å². The van der Waals surface area contributed by atoms with Crippen molar-refractivity contribution in [2.75, 3.05) is 0 Å². The molecule has 0 radical (unpaired) electrons. The molecule has 0 spiro atoms. The molecule has 0 fully saturated rings. The van der Waals surface area contributed by atoms with Gasteiger partial charge in [-0.15, -0.1) is 0 Å². The molecule has 0 atom stereocenters. The minimum Gasteiger partial charge on any atom is -0.0776 e. The van der Waals surface area contributed by atoms with Crippen molar-refractivity contribution in [2.45, 2.75) is 7.43 Å². The smallest absolute Gasteiger partial charge is 0.0776 e. The molecular formula is CH10AlBTi. The third-order valence-electron chi connectivity index (χ3n) is 0. The molecule has 0 aliphatic carbocycles. The summed E-state index contributed by atoms with van der Waals surface area (Å²) in [5.74, 6) is 0. The summed E-state index contributed by atoms with van der Waals surface area (Å²) < 4.78 is 0. The zero-order valence-corrected chi connectivity index (χ0v) is 2.06. The van der Waals surface area contributed by atoms with E-state index < -0.39 is 0 Å². The molecule has 0 aliphatic heterocycles. The van der Waals surface area contributed by atoms with E-state index in [0.717, 1.165) is 0 Å². The van der Waals surface area contributed by atoms with Crippen molar-refractivity contribution in [3.8, 4) is 0 Å². The van der Waals surface area contributed by atoms with Crippen LogP contribution < -0.4 is 0 Å². The molecular weight excluding hydrogens is 97.7 g/mol. The summed E-state index contributed by atoms with van der Waals surface area (Å²) in [6, 6.07) is 0. The van der Waals surface area contributed by atoms with Gasteiger partial charge in [-0.05, 0) is 0 Å². The van der Waals surface area contributed by atoms with Gasteiger partial charge < -0.3 is 0 Å². The molecule has 0 amide bonds. The van der Waals surface area contributed by atoms with E-state index >= 15 is 0 Å². The quantitative estimate of drug-likeness (QED) is 0.323. The Balaban J connectivity index is 0. The van der Waals surface area contributed by atoms with Gasteiger partial charge in [0.25, 0.3) is 0 Å². The van der Waals surface area contributed by atoms with E-state index in [2.05, 4.69) is 0 Å². The van der Waals surface area contributed by atoms with Crippen molar-refractivity contribution >= 4 is 25.8 Å². The van der Waals surface area contributed by atoms with E-state index in [1.165, 1.54) is 0 Å². The maximum Gasteiger partial charge on any atom is 0.187 e. The van der Waals surface area contributed by atoms with Gasteiger partial charge in [0, 0.05) is 21.7 Å². The fourth-order valence-electron chi connectivity index (χ4n) is 0. The molecule has 0 nitrogen and oxygen atoms in total. The molecule has 0 aliphatic rings. The van der Waals surface area contributed by atoms with Crippen LogP contribution in [-0.4, -0.2) is 25.8 Å². The predicted octanol–water partition coefficient (Wildman–Crippen LogP) is -1.73. The SMILES string of the molecule is B.C.[AlH3].[Ti]. The Kier molecular flexibility index (Phi) is 394. The molecule has 4 heavy (non-hydrogen) atoms. The molecule has 0 saturated carbocycles. The second kappa shape index (κ2) is 27.5. The van der Waals surface area contributed by atoms with Gasteiger partial charge in [0.2, 0.25) is 0 Å². The predicted molar refractivity (Wildman–Crippen MR) is 26.6 cm³/mol. The topological polar surface area (TPSA) is 0 Å². The van der Waals surface area contributed by atoms with Crippen LogP contribution in [0.2, 0.25) is 0 Å². The van der Waals surface area contributed by atoms with E-state index in [4.69, 9.17) is 0 Å². The van der Waals surface area contributed by atoms with E-state index in [1.54, 1.807) is 0 Å². The van der Waals surface area contributed by atoms with Gasteiger partial charge in [0.05, 0.1) is 8.41 Å². The Labute approximate surface area is 54.9 Å². The Bertz CT molecular complexity index is 8.00. The van der Waals surface area contributed by atoms with E-state index in [-0.39, 0.29) is 54.9 Å². The maximum absolute atomic E-state index is 0. The van der Waals surface area contributed by atoms with E-state index in [0.29, 0.717) is 0 Å². The van der Waals surface area contributed by atoms with Gasteiger partial charge in [-0.2, -0.15) is 0 Å². The van der Waals surface area contributed by atoms with Gasteiger partial charge in [-0.25, -0.2) is 0 Å². The molecule has 0 N–H and O–H groups in total. The molecule has 0 bridgehead atoms. The minimum absolute atomic E-state index is 0. The third-order valence-corrected chi connectivity index (χ3v) is 0. The van der Waals surface area contributed by atoms with Crippen molar-refractivity contribution in [3.63, 3.8) is 0 Å². The Morgan fingerprint density at radius 2 is 1.00 bits per heavy atom. The Morgan fingerprint density at radius 3 is 1.00 bits per heavy atom. The van der Waals surface area contributed by atoms with Crippen LogP contribution in [0.25, 0.3) is 0 Å². The number of hydrogen-bond acceptors (Lipinski definition) is 0. The summed E-state index contributed by atoms with van der Waals surface area (Å²) >= 11 is 0. The first kappa shape index (κ1) is 57.4. The second-order valence-electron chi connectivity index (χ2n) is 0. The first-order chi connectivity index (χ1) is 0. The molecule has 24 valence electrons. The fourth-order valence-corrected chi connectivity index (χ4v) is 0. The van der Waals surface area contributed by atoms with E-state index in [9.17, 15) is 0 Å². The Morgan fingerprint density at radius 1 is 1.00 bits per heavy atom. The third kappa shape index (κ3) is 10.3. The van der Waals surface area contributed by atoms with Crippen LogP contribution in [0.3, 0.4) is 0 Å². The first-order valence-electron chi connectivity index (χ1n) is 0. The first-order valence-corrected chi connectivity index (χ1v) is 0. The van der Waals surface area contributed by atoms with Crippen LogP contribution in [0.1, 0.15) is 7.43 Å². The van der Waals surface area contributed by atoms with Gasteiger partial charge in [-0.3, -0.25) is 0 Å². The minimum atomic E-state index is 0. The van der Waals surface area contributed by atoms with Crippen molar-refractivity contribution in [1.29, 1.82) is 0 Å². The van der Waals surface area contributed by atoms with Crippen molar-refractivity contribution in [1.82, 2.24) is 0 Å². The van der Waals surface area contributed by atoms with Crippen molar-refractivity contribution in [3.05, 3.63) is 0 Å². The number of hydrogen-bond donors (Lipinski definition) is 0. The number of rotatable bonds is 0. The largest absolute Gasteiger partial charge is 0.187 e. The van der Waals surface area contributed by atoms with Crippen LogP contribution in [0, 0.1) is 0 Å². The van der Waals surface area contributed by atoms with Gasteiger partial charge in [0.15, 0.2) is 17.4 Å². The van der Waals surface area contributed by atoms with E-state index in [1.807, 2.05) is 0 Å². The molecule has 0 aromatic carbocycles. The van der Waals surface area contributed by atoms with Crippen LogP contribution in [0.5, 0.6) is 0 Å². The average Bonchev–Trinajstić information content (AvgIpc) is 0. The normalized spacial score (nSPS) is 0. The summed E-state index contributed by atoms with van der Waals surface area (Å²) in [4.78, 5) is 0. The average molecular weight is 108 g/mol. The molecule has 0 heterocycles. The van der Waals surface area contributed by atoms with Crippen LogP contribution >= 0.6 is 0 Å². The molecule has 0 saturated heterocycles. The summed E-state index contributed by atoms with van der Waals surface area (Å²) in [5, 5.41) is 0. The van der Waals surface area contributed by atoms with Crippen LogP contribution in [0.15, 0.2) is 0 Å².